The van der Waals surface area contributed by atoms with Crippen LogP contribution >= 0.6 is 23.1 Å². The quantitative estimate of drug-likeness (QED) is 0.834. The van der Waals surface area contributed by atoms with Gasteiger partial charge < -0.3 is 9.64 Å². The van der Waals surface area contributed by atoms with Crippen molar-refractivity contribution in [3.63, 3.8) is 0 Å². The monoisotopic (exact) mass is 363 g/mol. The highest BCUT2D eigenvalue weighted by molar-refractivity contribution is 7.10. The summed E-state index contributed by atoms with van der Waals surface area (Å²) in [6.45, 7) is 1.54. The zero-order valence-corrected chi connectivity index (χ0v) is 15.2. The summed E-state index contributed by atoms with van der Waals surface area (Å²) in [4.78, 5) is 16.6. The Bertz CT molecular complexity index is 658. The van der Waals surface area contributed by atoms with E-state index in [1.54, 1.807) is 17.5 Å². The number of carbonyl (C=O) groups is 1. The first kappa shape index (κ1) is 16.0. The molecule has 1 aliphatic carbocycles. The van der Waals surface area contributed by atoms with Crippen molar-refractivity contribution in [1.29, 1.82) is 0 Å². The molecule has 0 aromatic carbocycles. The third kappa shape index (κ3) is 2.95. The van der Waals surface area contributed by atoms with E-state index in [9.17, 15) is 4.79 Å². The molecular formula is C17H21N3O2S2. The molecule has 0 unspecified atom stereocenters. The van der Waals surface area contributed by atoms with Gasteiger partial charge in [-0.15, -0.1) is 15.7 Å². The van der Waals surface area contributed by atoms with Crippen LogP contribution in [0.4, 0.5) is 0 Å². The number of thiophene rings is 1. The number of ether oxygens (including phenoxy) is 1. The number of rotatable bonds is 4. The Morgan fingerprint density at radius 2 is 2.08 bits per heavy atom. The maximum absolute atomic E-state index is 13.3. The molecular weight excluding hydrogens is 342 g/mol. The highest BCUT2D eigenvalue weighted by atomic mass is 32.1. The second-order valence-electron chi connectivity index (χ2n) is 6.62. The average Bonchev–Trinajstić information content (AvgIpc) is 3.36. The van der Waals surface area contributed by atoms with E-state index in [0.717, 1.165) is 63.3 Å². The van der Waals surface area contributed by atoms with E-state index in [0.29, 0.717) is 11.8 Å². The number of piperidine rings is 1. The van der Waals surface area contributed by atoms with Crippen LogP contribution in [0, 0.1) is 0 Å². The second-order valence-corrected chi connectivity index (χ2v) is 8.13. The van der Waals surface area contributed by atoms with Crippen LogP contribution in [-0.2, 0) is 10.2 Å². The number of aromatic nitrogens is 2. The van der Waals surface area contributed by atoms with Crippen molar-refractivity contribution in [2.45, 2.75) is 50.0 Å². The van der Waals surface area contributed by atoms with Crippen molar-refractivity contribution in [3.05, 3.63) is 28.6 Å². The fourth-order valence-corrected chi connectivity index (χ4v) is 5.29. The van der Waals surface area contributed by atoms with Crippen LogP contribution in [0.3, 0.4) is 0 Å². The minimum absolute atomic E-state index is 0.138. The molecule has 0 spiro atoms. The van der Waals surface area contributed by atoms with Crippen LogP contribution in [0.25, 0.3) is 0 Å². The lowest BCUT2D eigenvalue weighted by Gasteiger charge is -2.38. The Hall–Kier alpha value is -1.47. The number of nitrogens with zero attached hydrogens (tertiary/aromatic N) is 3. The third-order valence-electron chi connectivity index (χ3n) is 5.22. The van der Waals surface area contributed by atoms with Gasteiger partial charge in [0.15, 0.2) is 0 Å². The molecule has 2 fully saturated rings. The van der Waals surface area contributed by atoms with Crippen molar-refractivity contribution < 1.29 is 9.53 Å². The van der Waals surface area contributed by atoms with Gasteiger partial charge in [-0.05, 0) is 24.3 Å². The molecule has 0 radical (unpaired) electrons. The van der Waals surface area contributed by atoms with Gasteiger partial charge in [0.2, 0.25) is 11.8 Å². The zero-order valence-electron chi connectivity index (χ0n) is 13.5. The largest absolute Gasteiger partial charge is 0.472 e. The molecule has 2 aromatic rings. The fraction of sp³-hybridized carbons (Fsp3) is 0.588. The first-order valence-electron chi connectivity index (χ1n) is 8.55. The van der Waals surface area contributed by atoms with Crippen LogP contribution in [0.15, 0.2) is 23.7 Å². The molecule has 4 rings (SSSR count). The van der Waals surface area contributed by atoms with Crippen molar-refractivity contribution in [2.75, 3.05) is 13.1 Å². The molecule has 0 N–H and O–H groups in total. The summed E-state index contributed by atoms with van der Waals surface area (Å²) in [5, 5.41) is 2.09. The lowest BCUT2D eigenvalue weighted by molar-refractivity contribution is -0.139. The van der Waals surface area contributed by atoms with Crippen LogP contribution in [0.1, 0.15) is 43.4 Å². The van der Waals surface area contributed by atoms with Gasteiger partial charge >= 0.3 is 0 Å². The molecule has 128 valence electrons. The zero-order chi connectivity index (χ0) is 16.4. The summed E-state index contributed by atoms with van der Waals surface area (Å²) in [5.74, 6) is 0.937. The van der Waals surface area contributed by atoms with Crippen LogP contribution in [0.5, 0.6) is 5.88 Å². The maximum Gasteiger partial charge on any atom is 0.245 e. The summed E-state index contributed by atoms with van der Waals surface area (Å²) < 4.78 is 13.9. The molecule has 0 atom stereocenters. The maximum atomic E-state index is 13.3. The molecule has 3 heterocycles. The molecule has 0 bridgehead atoms. The standard InChI is InChI=1S/C17H21N3O2S2/c21-16(17(7-1-2-8-17)14-4-3-11-23-14)20-9-5-13(6-10-20)22-15-12-18-24-19-15/h3-4,11-13H,1-2,5-10H2. The van der Waals surface area contributed by atoms with Gasteiger partial charge in [0.05, 0.1) is 17.1 Å². The van der Waals surface area contributed by atoms with E-state index in [4.69, 9.17) is 4.74 Å². The van der Waals surface area contributed by atoms with E-state index in [-0.39, 0.29) is 11.5 Å². The number of amides is 1. The normalized spacial score (nSPS) is 21.1. The lowest BCUT2D eigenvalue weighted by Crippen LogP contribution is -2.49. The van der Waals surface area contributed by atoms with E-state index < -0.39 is 0 Å². The predicted octanol–water partition coefficient (Wildman–Crippen LogP) is 3.48. The highest BCUT2D eigenvalue weighted by Gasteiger charge is 2.46. The summed E-state index contributed by atoms with van der Waals surface area (Å²) in [6, 6.07) is 4.20. The summed E-state index contributed by atoms with van der Waals surface area (Å²) in [7, 11) is 0. The molecule has 2 aromatic heterocycles. The Morgan fingerprint density at radius 1 is 1.29 bits per heavy atom. The van der Waals surface area contributed by atoms with E-state index in [1.807, 2.05) is 0 Å². The van der Waals surface area contributed by atoms with Crippen molar-refractivity contribution >= 4 is 29.0 Å². The lowest BCUT2D eigenvalue weighted by atomic mass is 9.82. The number of carbonyl (C=O) groups excluding carboxylic acids is 1. The Kier molecular flexibility index (Phi) is 4.54. The second kappa shape index (κ2) is 6.80. The number of hydrogen-bond donors (Lipinski definition) is 0. The summed E-state index contributed by atoms with van der Waals surface area (Å²) in [5.41, 5.74) is -0.263. The average molecular weight is 364 g/mol. The molecule has 1 saturated heterocycles. The molecule has 2 aliphatic rings. The minimum atomic E-state index is -0.263. The Labute approximate surface area is 150 Å². The molecule has 1 amide bonds. The van der Waals surface area contributed by atoms with Gasteiger partial charge in [0.1, 0.15) is 12.3 Å². The van der Waals surface area contributed by atoms with E-state index in [1.165, 1.54) is 4.88 Å². The smallest absolute Gasteiger partial charge is 0.245 e. The van der Waals surface area contributed by atoms with Gasteiger partial charge in [-0.25, -0.2) is 0 Å². The molecule has 7 heteroatoms. The Balaban J connectivity index is 1.42. The van der Waals surface area contributed by atoms with Crippen LogP contribution in [0.2, 0.25) is 0 Å². The van der Waals surface area contributed by atoms with Crippen LogP contribution < -0.4 is 4.74 Å². The molecule has 1 saturated carbocycles. The minimum Gasteiger partial charge on any atom is -0.472 e. The first-order valence-corrected chi connectivity index (χ1v) is 10.2. The van der Waals surface area contributed by atoms with E-state index >= 15 is 0 Å². The molecule has 5 nitrogen and oxygen atoms in total. The first-order chi connectivity index (χ1) is 11.8. The molecule has 24 heavy (non-hydrogen) atoms. The van der Waals surface area contributed by atoms with Crippen molar-refractivity contribution in [3.8, 4) is 5.88 Å². The van der Waals surface area contributed by atoms with Gasteiger partial charge in [-0.3, -0.25) is 4.79 Å². The Morgan fingerprint density at radius 3 is 2.71 bits per heavy atom. The summed E-state index contributed by atoms with van der Waals surface area (Å²) >= 11 is 2.89. The van der Waals surface area contributed by atoms with Gasteiger partial charge in [-0.1, -0.05) is 18.9 Å². The van der Waals surface area contributed by atoms with E-state index in [2.05, 4.69) is 31.2 Å². The number of likely N-dealkylation sites (tertiary alicyclic amines) is 1. The van der Waals surface area contributed by atoms with Crippen molar-refractivity contribution in [1.82, 2.24) is 13.6 Å². The molecule has 1 aliphatic heterocycles. The number of hydrogen-bond acceptors (Lipinski definition) is 6. The van der Waals surface area contributed by atoms with Gasteiger partial charge in [0, 0.05) is 30.8 Å². The summed E-state index contributed by atoms with van der Waals surface area (Å²) in [6.07, 6.45) is 7.82. The predicted molar refractivity (Wildman–Crippen MR) is 94.6 cm³/mol. The van der Waals surface area contributed by atoms with Gasteiger partial charge in [0.25, 0.3) is 0 Å². The highest BCUT2D eigenvalue weighted by Crippen LogP contribution is 2.44. The fourth-order valence-electron chi connectivity index (χ4n) is 3.95. The van der Waals surface area contributed by atoms with Crippen LogP contribution in [-0.4, -0.2) is 38.7 Å². The van der Waals surface area contributed by atoms with Gasteiger partial charge in [-0.2, -0.15) is 4.37 Å². The third-order valence-corrected chi connectivity index (χ3v) is 6.75. The topological polar surface area (TPSA) is 55.3 Å². The van der Waals surface area contributed by atoms with Crippen molar-refractivity contribution in [2.24, 2.45) is 0 Å². The SMILES string of the molecule is O=C(N1CCC(Oc2cnsn2)CC1)C1(c2cccs2)CCCC1.